The van der Waals surface area contributed by atoms with E-state index >= 15 is 0 Å². The maximum absolute atomic E-state index is 11.5. The highest BCUT2D eigenvalue weighted by Gasteiger charge is 2.26. The van der Waals surface area contributed by atoms with Gasteiger partial charge in [0.1, 0.15) is 7.85 Å². The van der Waals surface area contributed by atoms with Crippen LogP contribution in [0, 0.1) is 5.41 Å². The van der Waals surface area contributed by atoms with Crippen molar-refractivity contribution in [2.24, 2.45) is 5.41 Å². The number of hydrogen-bond acceptors (Lipinski definition) is 2. The SMILES string of the molecule is [B]c1ccccc1/C=C/CC(C)(C)C(=O)OC. The van der Waals surface area contributed by atoms with Crippen LogP contribution in [0.3, 0.4) is 0 Å². The van der Waals surface area contributed by atoms with Crippen molar-refractivity contribution in [3.63, 3.8) is 0 Å². The van der Waals surface area contributed by atoms with Crippen LogP contribution < -0.4 is 5.46 Å². The van der Waals surface area contributed by atoms with Gasteiger partial charge in [-0.2, -0.15) is 0 Å². The Labute approximate surface area is 104 Å². The highest BCUT2D eigenvalue weighted by atomic mass is 16.5. The van der Waals surface area contributed by atoms with Gasteiger partial charge in [-0.05, 0) is 25.8 Å². The summed E-state index contributed by atoms with van der Waals surface area (Å²) in [4.78, 5) is 11.5. The second-order valence-corrected chi connectivity index (χ2v) is 4.61. The van der Waals surface area contributed by atoms with Crippen LogP contribution in [0.4, 0.5) is 0 Å². The summed E-state index contributed by atoms with van der Waals surface area (Å²) in [6.07, 6.45) is 4.50. The van der Waals surface area contributed by atoms with E-state index in [2.05, 4.69) is 0 Å². The van der Waals surface area contributed by atoms with Crippen LogP contribution in [0.25, 0.3) is 6.08 Å². The summed E-state index contributed by atoms with van der Waals surface area (Å²) >= 11 is 0. The number of carbonyl (C=O) groups excluding carboxylic acids is 1. The molecule has 0 aromatic heterocycles. The third-order valence-corrected chi connectivity index (χ3v) is 2.66. The first-order valence-electron chi connectivity index (χ1n) is 5.57. The lowest BCUT2D eigenvalue weighted by atomic mass is 9.87. The number of ether oxygens (including phenoxy) is 1. The number of carbonyl (C=O) groups is 1. The van der Waals surface area contributed by atoms with Crippen molar-refractivity contribution < 1.29 is 9.53 Å². The first-order chi connectivity index (χ1) is 7.97. The zero-order chi connectivity index (χ0) is 12.9. The van der Waals surface area contributed by atoms with Crippen LogP contribution in [-0.2, 0) is 9.53 Å². The Kier molecular flexibility index (Phi) is 4.56. The first kappa shape index (κ1) is 13.6. The topological polar surface area (TPSA) is 26.3 Å². The largest absolute Gasteiger partial charge is 0.469 e. The van der Waals surface area contributed by atoms with Crippen molar-refractivity contribution in [1.82, 2.24) is 0 Å². The van der Waals surface area contributed by atoms with Gasteiger partial charge in [0.15, 0.2) is 0 Å². The van der Waals surface area contributed by atoms with Gasteiger partial charge >= 0.3 is 5.97 Å². The molecule has 0 aliphatic rings. The summed E-state index contributed by atoms with van der Waals surface area (Å²) in [6.45, 7) is 3.72. The van der Waals surface area contributed by atoms with E-state index in [1.54, 1.807) is 0 Å². The predicted molar refractivity (Wildman–Crippen MR) is 71.3 cm³/mol. The van der Waals surface area contributed by atoms with E-state index in [1.165, 1.54) is 7.11 Å². The van der Waals surface area contributed by atoms with Gasteiger partial charge in [0.25, 0.3) is 0 Å². The van der Waals surface area contributed by atoms with Gasteiger partial charge in [-0.25, -0.2) is 0 Å². The third-order valence-electron chi connectivity index (χ3n) is 2.66. The van der Waals surface area contributed by atoms with Crippen molar-refractivity contribution in [3.8, 4) is 0 Å². The molecular weight excluding hydrogens is 211 g/mol. The molecule has 0 spiro atoms. The van der Waals surface area contributed by atoms with Gasteiger partial charge in [-0.3, -0.25) is 4.79 Å². The predicted octanol–water partition coefficient (Wildman–Crippen LogP) is 2.08. The number of rotatable bonds is 4. The number of allylic oxidation sites excluding steroid dienone is 1. The van der Waals surface area contributed by atoms with Gasteiger partial charge in [-0.15, -0.1) is 0 Å². The first-order valence-corrected chi connectivity index (χ1v) is 5.57. The smallest absolute Gasteiger partial charge is 0.311 e. The molecule has 0 heterocycles. The molecule has 88 valence electrons. The van der Waals surface area contributed by atoms with Crippen molar-refractivity contribution >= 4 is 25.4 Å². The lowest BCUT2D eigenvalue weighted by Crippen LogP contribution is -2.24. The zero-order valence-corrected chi connectivity index (χ0v) is 10.6. The van der Waals surface area contributed by atoms with E-state index in [-0.39, 0.29) is 5.97 Å². The average Bonchev–Trinajstić information content (AvgIpc) is 2.30. The van der Waals surface area contributed by atoms with E-state index in [9.17, 15) is 4.79 Å². The van der Waals surface area contributed by atoms with Crippen LogP contribution in [0.5, 0.6) is 0 Å². The summed E-state index contributed by atoms with van der Waals surface area (Å²) in [7, 11) is 7.22. The number of hydrogen-bond donors (Lipinski definition) is 0. The van der Waals surface area contributed by atoms with Gasteiger partial charge in [0.2, 0.25) is 0 Å². The molecule has 3 heteroatoms. The van der Waals surface area contributed by atoms with Gasteiger partial charge < -0.3 is 4.74 Å². The summed E-state index contributed by atoms with van der Waals surface area (Å²) in [5.74, 6) is -0.205. The molecule has 0 saturated heterocycles. The number of benzene rings is 1. The second kappa shape index (κ2) is 5.71. The minimum Gasteiger partial charge on any atom is -0.469 e. The summed E-state index contributed by atoms with van der Waals surface area (Å²) in [5.41, 5.74) is 1.20. The molecule has 0 saturated carbocycles. The molecule has 0 N–H and O–H groups in total. The molecule has 0 bridgehead atoms. The lowest BCUT2D eigenvalue weighted by molar-refractivity contribution is -0.150. The molecule has 17 heavy (non-hydrogen) atoms. The molecule has 0 unspecified atom stereocenters. The molecule has 0 amide bonds. The monoisotopic (exact) mass is 228 g/mol. The highest BCUT2D eigenvalue weighted by Crippen LogP contribution is 2.22. The fraction of sp³-hybridized carbons (Fsp3) is 0.357. The van der Waals surface area contributed by atoms with Crippen molar-refractivity contribution in [2.45, 2.75) is 20.3 Å². The van der Waals surface area contributed by atoms with E-state index in [0.717, 1.165) is 11.0 Å². The van der Waals surface area contributed by atoms with Crippen LogP contribution in [0.15, 0.2) is 30.3 Å². The van der Waals surface area contributed by atoms with Crippen LogP contribution in [0.2, 0.25) is 0 Å². The zero-order valence-electron chi connectivity index (χ0n) is 10.6. The van der Waals surface area contributed by atoms with E-state index in [0.29, 0.717) is 6.42 Å². The second-order valence-electron chi connectivity index (χ2n) is 4.61. The minimum absolute atomic E-state index is 0.205. The Bertz CT molecular complexity index is 422. The maximum atomic E-state index is 11.5. The molecule has 2 nitrogen and oxygen atoms in total. The Morgan fingerprint density at radius 2 is 2.06 bits per heavy atom. The van der Waals surface area contributed by atoms with E-state index < -0.39 is 5.41 Å². The van der Waals surface area contributed by atoms with Crippen LogP contribution in [-0.4, -0.2) is 20.9 Å². The van der Waals surface area contributed by atoms with Crippen LogP contribution >= 0.6 is 0 Å². The average molecular weight is 228 g/mol. The summed E-state index contributed by atoms with van der Waals surface area (Å²) in [6, 6.07) is 7.62. The quantitative estimate of drug-likeness (QED) is 0.582. The Hall–Kier alpha value is -1.51. The normalized spacial score (nSPS) is 11.7. The molecule has 0 fully saturated rings. The lowest BCUT2D eigenvalue weighted by Gasteiger charge is -2.19. The van der Waals surface area contributed by atoms with Crippen molar-refractivity contribution in [1.29, 1.82) is 0 Å². The van der Waals surface area contributed by atoms with Crippen LogP contribution in [0.1, 0.15) is 25.8 Å². The Morgan fingerprint density at radius 3 is 2.65 bits per heavy atom. The molecule has 0 atom stereocenters. The molecule has 1 rings (SSSR count). The highest BCUT2D eigenvalue weighted by molar-refractivity contribution is 6.34. The molecule has 0 aliphatic heterocycles. The molecular formula is C14H17BO2. The van der Waals surface area contributed by atoms with Gasteiger partial charge in [0.05, 0.1) is 12.5 Å². The van der Waals surface area contributed by atoms with Crippen molar-refractivity contribution in [3.05, 3.63) is 35.9 Å². The van der Waals surface area contributed by atoms with E-state index in [1.807, 2.05) is 50.3 Å². The van der Waals surface area contributed by atoms with Gasteiger partial charge in [-0.1, -0.05) is 41.9 Å². The van der Waals surface area contributed by atoms with Crippen molar-refractivity contribution in [2.75, 3.05) is 7.11 Å². The molecule has 0 aliphatic carbocycles. The number of methoxy groups -OCH3 is 1. The summed E-state index contributed by atoms with van der Waals surface area (Å²) in [5, 5.41) is 0. The Balaban J connectivity index is 2.68. The third kappa shape index (κ3) is 3.77. The van der Waals surface area contributed by atoms with E-state index in [4.69, 9.17) is 12.6 Å². The maximum Gasteiger partial charge on any atom is 0.311 e. The number of esters is 1. The standard InChI is InChI=1S/C14H17BO2/c1-14(2,13(16)17-3)10-6-8-11-7-4-5-9-12(11)15/h4-9H,10H2,1-3H3/b8-6+. The minimum atomic E-state index is -0.505. The molecule has 2 radical (unpaired) electrons. The van der Waals surface area contributed by atoms with Gasteiger partial charge in [0, 0.05) is 0 Å². The Morgan fingerprint density at radius 1 is 1.41 bits per heavy atom. The fourth-order valence-corrected chi connectivity index (χ4v) is 1.50. The molecule has 1 aromatic rings. The fourth-order valence-electron chi connectivity index (χ4n) is 1.50. The molecule has 1 aromatic carbocycles. The summed E-state index contributed by atoms with van der Waals surface area (Å²) < 4.78 is 4.74.